The summed E-state index contributed by atoms with van der Waals surface area (Å²) in [5.41, 5.74) is 1.61. The smallest absolute Gasteiger partial charge is 0.192 e. The average Bonchev–Trinajstić information content (AvgIpc) is 2.41. The summed E-state index contributed by atoms with van der Waals surface area (Å²) in [6.45, 7) is 8.37. The van der Waals surface area contributed by atoms with Gasteiger partial charge < -0.3 is 9.15 Å². The number of Topliss-reactive ketones (excluding diaryl/α,β-unsaturated/α-hetero) is 1. The Morgan fingerprint density at radius 3 is 2.40 bits per heavy atom. The van der Waals surface area contributed by atoms with Crippen LogP contribution in [0.5, 0.6) is 0 Å². The van der Waals surface area contributed by atoms with Crippen molar-refractivity contribution >= 4 is 5.78 Å². The van der Waals surface area contributed by atoms with Gasteiger partial charge in [-0.25, -0.2) is 0 Å². The number of rotatable bonds is 5. The minimum atomic E-state index is 0.00954. The molecule has 0 saturated heterocycles. The summed E-state index contributed by atoms with van der Waals surface area (Å²) < 4.78 is 10.6. The first kappa shape index (κ1) is 12.0. The molecule has 0 aliphatic heterocycles. The number of ketones is 1. The number of hydrogen-bond donors (Lipinski definition) is 0. The van der Waals surface area contributed by atoms with Gasteiger partial charge in [-0.3, -0.25) is 4.79 Å². The van der Waals surface area contributed by atoms with E-state index in [0.717, 1.165) is 17.7 Å². The Hall–Kier alpha value is -1.09. The van der Waals surface area contributed by atoms with E-state index < -0.39 is 0 Å². The summed E-state index contributed by atoms with van der Waals surface area (Å²) in [4.78, 5) is 11.8. The second-order valence-corrected chi connectivity index (χ2v) is 3.69. The van der Waals surface area contributed by atoms with Crippen LogP contribution in [-0.4, -0.2) is 19.0 Å². The molecule has 84 valence electrons. The van der Waals surface area contributed by atoms with Crippen molar-refractivity contribution in [2.75, 3.05) is 13.2 Å². The van der Waals surface area contributed by atoms with Crippen LogP contribution >= 0.6 is 0 Å². The van der Waals surface area contributed by atoms with E-state index >= 15 is 0 Å². The lowest BCUT2D eigenvalue weighted by molar-refractivity contribution is 0.0759. The number of aryl methyl sites for hydroxylation is 2. The highest BCUT2D eigenvalue weighted by molar-refractivity contribution is 5.99. The molecule has 0 spiro atoms. The largest absolute Gasteiger partial charge is 0.466 e. The third kappa shape index (κ3) is 2.69. The molecular formula is C12H18O3. The molecule has 0 unspecified atom stereocenters. The average molecular weight is 210 g/mol. The number of furan rings is 1. The van der Waals surface area contributed by atoms with E-state index in [1.54, 1.807) is 0 Å². The molecule has 3 nitrogen and oxygen atoms in total. The van der Waals surface area contributed by atoms with E-state index in [-0.39, 0.29) is 12.4 Å². The van der Waals surface area contributed by atoms with E-state index in [9.17, 15) is 4.79 Å². The van der Waals surface area contributed by atoms with Gasteiger partial charge in [0.25, 0.3) is 0 Å². The van der Waals surface area contributed by atoms with Gasteiger partial charge in [-0.05, 0) is 27.2 Å². The van der Waals surface area contributed by atoms with Crippen LogP contribution in [-0.2, 0) is 4.74 Å². The van der Waals surface area contributed by atoms with Gasteiger partial charge in [-0.15, -0.1) is 0 Å². The van der Waals surface area contributed by atoms with Gasteiger partial charge in [0.15, 0.2) is 5.78 Å². The fourth-order valence-corrected chi connectivity index (χ4v) is 1.58. The third-order valence-corrected chi connectivity index (χ3v) is 2.42. The second kappa shape index (κ2) is 5.12. The first-order valence-corrected chi connectivity index (χ1v) is 5.25. The van der Waals surface area contributed by atoms with Crippen LogP contribution in [0.25, 0.3) is 0 Å². The van der Waals surface area contributed by atoms with Crippen molar-refractivity contribution in [1.82, 2.24) is 0 Å². The SMILES string of the molecule is CCCOCC(=O)c1c(C)oc(C)c1C. The Morgan fingerprint density at radius 2 is 1.93 bits per heavy atom. The molecule has 1 heterocycles. The van der Waals surface area contributed by atoms with Crippen molar-refractivity contribution in [3.63, 3.8) is 0 Å². The maximum absolute atomic E-state index is 11.8. The Bertz CT molecular complexity index is 350. The Labute approximate surface area is 90.4 Å². The quantitative estimate of drug-likeness (QED) is 0.554. The van der Waals surface area contributed by atoms with Crippen molar-refractivity contribution in [3.8, 4) is 0 Å². The van der Waals surface area contributed by atoms with Crippen molar-refractivity contribution < 1.29 is 13.9 Å². The van der Waals surface area contributed by atoms with Crippen molar-refractivity contribution in [2.24, 2.45) is 0 Å². The lowest BCUT2D eigenvalue weighted by Gasteiger charge is -2.01. The molecule has 0 N–H and O–H groups in total. The molecule has 0 aliphatic carbocycles. The van der Waals surface area contributed by atoms with Gasteiger partial charge >= 0.3 is 0 Å². The van der Waals surface area contributed by atoms with Crippen LogP contribution in [0.15, 0.2) is 4.42 Å². The minimum Gasteiger partial charge on any atom is -0.466 e. The van der Waals surface area contributed by atoms with Crippen molar-refractivity contribution in [1.29, 1.82) is 0 Å². The van der Waals surface area contributed by atoms with Gasteiger partial charge in [0.2, 0.25) is 0 Å². The molecule has 3 heteroatoms. The lowest BCUT2D eigenvalue weighted by Crippen LogP contribution is -2.11. The van der Waals surface area contributed by atoms with E-state index in [0.29, 0.717) is 17.9 Å². The normalized spacial score (nSPS) is 10.7. The summed E-state index contributed by atoms with van der Waals surface area (Å²) in [6, 6.07) is 0. The van der Waals surface area contributed by atoms with Crippen LogP contribution in [0.3, 0.4) is 0 Å². The second-order valence-electron chi connectivity index (χ2n) is 3.69. The molecule has 0 radical (unpaired) electrons. The van der Waals surface area contributed by atoms with Crippen molar-refractivity contribution in [3.05, 3.63) is 22.6 Å². The fourth-order valence-electron chi connectivity index (χ4n) is 1.58. The maximum atomic E-state index is 11.8. The molecule has 0 amide bonds. The summed E-state index contributed by atoms with van der Waals surface area (Å²) >= 11 is 0. The summed E-state index contributed by atoms with van der Waals surface area (Å²) in [6.07, 6.45) is 0.926. The van der Waals surface area contributed by atoms with Gasteiger partial charge in [0.05, 0.1) is 5.56 Å². The zero-order chi connectivity index (χ0) is 11.4. The van der Waals surface area contributed by atoms with E-state index in [1.165, 1.54) is 0 Å². The number of hydrogen-bond acceptors (Lipinski definition) is 3. The van der Waals surface area contributed by atoms with Crippen LogP contribution in [0.2, 0.25) is 0 Å². The lowest BCUT2D eigenvalue weighted by atomic mass is 10.1. The molecule has 0 aromatic carbocycles. The molecule has 1 aromatic rings. The molecule has 0 atom stereocenters. The molecule has 0 bridgehead atoms. The highest BCUT2D eigenvalue weighted by Crippen LogP contribution is 2.21. The van der Waals surface area contributed by atoms with Crippen LogP contribution in [0, 0.1) is 20.8 Å². The van der Waals surface area contributed by atoms with Crippen molar-refractivity contribution in [2.45, 2.75) is 34.1 Å². The Morgan fingerprint density at radius 1 is 1.27 bits per heavy atom. The summed E-state index contributed by atoms with van der Waals surface area (Å²) in [5.74, 6) is 1.51. The van der Waals surface area contributed by atoms with E-state index in [4.69, 9.17) is 9.15 Å². The zero-order valence-corrected chi connectivity index (χ0v) is 9.85. The first-order valence-electron chi connectivity index (χ1n) is 5.25. The molecule has 0 fully saturated rings. The summed E-state index contributed by atoms with van der Waals surface area (Å²) in [7, 11) is 0. The van der Waals surface area contributed by atoms with Crippen LogP contribution < -0.4 is 0 Å². The highest BCUT2D eigenvalue weighted by atomic mass is 16.5. The number of carbonyl (C=O) groups is 1. The van der Waals surface area contributed by atoms with Gasteiger partial charge in [0, 0.05) is 12.2 Å². The van der Waals surface area contributed by atoms with E-state index in [2.05, 4.69) is 0 Å². The predicted molar refractivity (Wildman–Crippen MR) is 58.4 cm³/mol. The van der Waals surface area contributed by atoms with Crippen LogP contribution in [0.1, 0.15) is 40.8 Å². The molecular weight excluding hydrogens is 192 g/mol. The zero-order valence-electron chi connectivity index (χ0n) is 9.85. The Kier molecular flexibility index (Phi) is 4.09. The van der Waals surface area contributed by atoms with Gasteiger partial charge in [-0.2, -0.15) is 0 Å². The van der Waals surface area contributed by atoms with Crippen LogP contribution in [0.4, 0.5) is 0 Å². The predicted octanol–water partition coefficient (Wildman–Crippen LogP) is 2.81. The Balaban J connectivity index is 2.73. The summed E-state index contributed by atoms with van der Waals surface area (Å²) in [5, 5.41) is 0. The topological polar surface area (TPSA) is 39.4 Å². The van der Waals surface area contributed by atoms with E-state index in [1.807, 2.05) is 27.7 Å². The standard InChI is InChI=1S/C12H18O3/c1-5-6-14-7-11(13)12-8(2)9(3)15-10(12)4/h5-7H2,1-4H3. The monoisotopic (exact) mass is 210 g/mol. The third-order valence-electron chi connectivity index (χ3n) is 2.42. The molecule has 0 saturated carbocycles. The highest BCUT2D eigenvalue weighted by Gasteiger charge is 2.18. The molecule has 0 aliphatic rings. The minimum absolute atomic E-state index is 0.00954. The maximum Gasteiger partial charge on any atom is 0.192 e. The molecule has 15 heavy (non-hydrogen) atoms. The number of carbonyl (C=O) groups excluding carboxylic acids is 1. The first-order chi connectivity index (χ1) is 7.07. The van der Waals surface area contributed by atoms with Gasteiger partial charge in [-0.1, -0.05) is 6.92 Å². The number of ether oxygens (including phenoxy) is 1. The molecule has 1 rings (SSSR count). The van der Waals surface area contributed by atoms with Gasteiger partial charge in [0.1, 0.15) is 18.1 Å². The molecule has 1 aromatic heterocycles. The fraction of sp³-hybridized carbons (Fsp3) is 0.583.